The summed E-state index contributed by atoms with van der Waals surface area (Å²) >= 11 is 0. The van der Waals surface area contributed by atoms with E-state index in [0.29, 0.717) is 12.2 Å². The smallest absolute Gasteiger partial charge is 0.145 e. The molecule has 0 bridgehead atoms. The quantitative estimate of drug-likeness (QED) is 0.802. The zero-order chi connectivity index (χ0) is 15.9. The van der Waals surface area contributed by atoms with E-state index in [4.69, 9.17) is 0 Å². The number of likely N-dealkylation sites (tertiary alicyclic amines) is 1. The van der Waals surface area contributed by atoms with E-state index in [9.17, 15) is 4.79 Å². The Morgan fingerprint density at radius 1 is 0.870 bits per heavy atom. The zero-order valence-corrected chi connectivity index (χ0v) is 13.7. The van der Waals surface area contributed by atoms with Crippen molar-refractivity contribution < 1.29 is 4.79 Å². The minimum atomic E-state index is -0.0190. The molecule has 0 N–H and O–H groups in total. The Morgan fingerprint density at radius 3 is 2.13 bits per heavy atom. The van der Waals surface area contributed by atoms with Crippen molar-refractivity contribution in [1.29, 1.82) is 0 Å². The van der Waals surface area contributed by atoms with E-state index >= 15 is 0 Å². The van der Waals surface area contributed by atoms with Crippen LogP contribution >= 0.6 is 0 Å². The Labute approximate surface area is 139 Å². The van der Waals surface area contributed by atoms with Crippen molar-refractivity contribution in [3.05, 3.63) is 71.8 Å². The van der Waals surface area contributed by atoms with Gasteiger partial charge in [-0.3, -0.25) is 4.79 Å². The lowest BCUT2D eigenvalue weighted by atomic mass is 9.90. The van der Waals surface area contributed by atoms with Gasteiger partial charge in [-0.2, -0.15) is 0 Å². The van der Waals surface area contributed by atoms with E-state index in [0.717, 1.165) is 30.8 Å². The number of benzene rings is 2. The molecule has 2 aromatic rings. The molecule has 1 aliphatic heterocycles. The van der Waals surface area contributed by atoms with E-state index in [-0.39, 0.29) is 5.92 Å². The summed E-state index contributed by atoms with van der Waals surface area (Å²) in [7, 11) is 0. The molecular weight excluding hydrogens is 282 g/mol. The Bertz CT molecular complexity index is 602. The van der Waals surface area contributed by atoms with Gasteiger partial charge >= 0.3 is 0 Å². The van der Waals surface area contributed by atoms with Gasteiger partial charge in [0, 0.05) is 13.0 Å². The largest absolute Gasteiger partial charge is 0.302 e. The summed E-state index contributed by atoms with van der Waals surface area (Å²) in [5.41, 5.74) is 2.26. The number of carbonyl (C=O) groups excluding carboxylic acids is 1. The highest BCUT2D eigenvalue weighted by Gasteiger charge is 2.24. The third kappa shape index (κ3) is 4.52. The predicted octanol–water partition coefficient (Wildman–Crippen LogP) is 4.07. The Hall–Kier alpha value is -1.93. The fraction of sp³-hybridized carbons (Fsp3) is 0.381. The van der Waals surface area contributed by atoms with Crippen molar-refractivity contribution in [2.45, 2.75) is 31.6 Å². The van der Waals surface area contributed by atoms with Crippen molar-refractivity contribution in [3.8, 4) is 0 Å². The summed E-state index contributed by atoms with van der Waals surface area (Å²) in [5, 5.41) is 0. The predicted molar refractivity (Wildman–Crippen MR) is 94.6 cm³/mol. The number of hydrogen-bond donors (Lipinski definition) is 0. The van der Waals surface area contributed by atoms with Gasteiger partial charge in [0.1, 0.15) is 5.78 Å². The molecule has 0 saturated carbocycles. The van der Waals surface area contributed by atoms with Gasteiger partial charge in [0.15, 0.2) is 0 Å². The van der Waals surface area contributed by atoms with E-state index in [2.05, 4.69) is 17.0 Å². The first-order valence-electron chi connectivity index (χ1n) is 8.67. The first-order chi connectivity index (χ1) is 11.3. The van der Waals surface area contributed by atoms with Crippen molar-refractivity contribution in [1.82, 2.24) is 4.90 Å². The lowest BCUT2D eigenvalue weighted by Crippen LogP contribution is -2.36. The van der Waals surface area contributed by atoms with Gasteiger partial charge in [-0.25, -0.2) is 0 Å². The molecule has 23 heavy (non-hydrogen) atoms. The first kappa shape index (κ1) is 15.9. The minimum absolute atomic E-state index is 0.0190. The lowest BCUT2D eigenvalue weighted by molar-refractivity contribution is -0.120. The van der Waals surface area contributed by atoms with Crippen molar-refractivity contribution in [2.24, 2.45) is 0 Å². The molecule has 1 fully saturated rings. The summed E-state index contributed by atoms with van der Waals surface area (Å²) in [6.07, 6.45) is 4.36. The monoisotopic (exact) mass is 307 g/mol. The molecule has 2 nitrogen and oxygen atoms in total. The average Bonchev–Trinajstić information content (AvgIpc) is 2.62. The molecule has 0 aromatic heterocycles. The Kier molecular flexibility index (Phi) is 5.60. The van der Waals surface area contributed by atoms with Crippen LogP contribution in [0.25, 0.3) is 0 Å². The molecule has 2 heteroatoms. The average molecular weight is 307 g/mol. The molecule has 0 amide bonds. The van der Waals surface area contributed by atoms with E-state index in [1.165, 1.54) is 19.3 Å². The third-order valence-corrected chi connectivity index (χ3v) is 4.70. The van der Waals surface area contributed by atoms with Crippen LogP contribution in [0.2, 0.25) is 0 Å². The zero-order valence-electron chi connectivity index (χ0n) is 13.7. The van der Waals surface area contributed by atoms with Crippen LogP contribution in [0.15, 0.2) is 60.7 Å². The van der Waals surface area contributed by atoms with Crippen LogP contribution in [0.3, 0.4) is 0 Å². The maximum atomic E-state index is 13.0. The van der Waals surface area contributed by atoms with Crippen LogP contribution in [0.1, 0.15) is 36.3 Å². The van der Waals surface area contributed by atoms with Crippen LogP contribution in [0.5, 0.6) is 0 Å². The molecule has 1 heterocycles. The van der Waals surface area contributed by atoms with Gasteiger partial charge in [0.05, 0.1) is 5.92 Å². The van der Waals surface area contributed by atoms with Crippen LogP contribution in [0.4, 0.5) is 0 Å². The van der Waals surface area contributed by atoms with Crippen LogP contribution in [-0.4, -0.2) is 30.3 Å². The van der Waals surface area contributed by atoms with Crippen LogP contribution < -0.4 is 0 Å². The van der Waals surface area contributed by atoms with Crippen LogP contribution in [0, 0.1) is 0 Å². The number of hydrogen-bond acceptors (Lipinski definition) is 2. The normalized spacial score (nSPS) is 16.9. The van der Waals surface area contributed by atoms with E-state index in [1.54, 1.807) is 0 Å². The van der Waals surface area contributed by atoms with Gasteiger partial charge in [-0.05, 0) is 37.1 Å². The summed E-state index contributed by atoms with van der Waals surface area (Å²) in [5.74, 6) is 0.308. The molecule has 120 valence electrons. The summed E-state index contributed by atoms with van der Waals surface area (Å²) in [6, 6.07) is 20.4. The number of piperidine rings is 1. The molecule has 2 aromatic carbocycles. The molecule has 3 rings (SSSR count). The van der Waals surface area contributed by atoms with E-state index in [1.807, 2.05) is 48.5 Å². The second kappa shape index (κ2) is 8.07. The molecule has 0 spiro atoms. The summed E-state index contributed by atoms with van der Waals surface area (Å²) < 4.78 is 0. The second-order valence-electron chi connectivity index (χ2n) is 6.45. The molecular formula is C21H25NO. The van der Waals surface area contributed by atoms with Crippen molar-refractivity contribution in [2.75, 3.05) is 19.6 Å². The van der Waals surface area contributed by atoms with Gasteiger partial charge in [0.2, 0.25) is 0 Å². The number of nitrogens with zero attached hydrogens (tertiary/aromatic N) is 1. The van der Waals surface area contributed by atoms with E-state index < -0.39 is 0 Å². The topological polar surface area (TPSA) is 20.3 Å². The third-order valence-electron chi connectivity index (χ3n) is 4.70. The highest BCUT2D eigenvalue weighted by Crippen LogP contribution is 2.22. The van der Waals surface area contributed by atoms with Gasteiger partial charge < -0.3 is 4.90 Å². The minimum Gasteiger partial charge on any atom is -0.302 e. The molecule has 1 atom stereocenters. The molecule has 0 radical (unpaired) electrons. The first-order valence-corrected chi connectivity index (χ1v) is 8.67. The molecule has 0 aliphatic carbocycles. The fourth-order valence-electron chi connectivity index (χ4n) is 3.40. The molecule has 1 unspecified atom stereocenters. The standard InChI is InChI=1S/C21H25NO/c23-21(16-18-10-4-1-5-11-18)20(19-12-6-2-7-13-19)17-22-14-8-3-9-15-22/h1-2,4-7,10-13,20H,3,8-9,14-17H2. The Balaban J connectivity index is 1.75. The summed E-state index contributed by atoms with van der Waals surface area (Å²) in [4.78, 5) is 15.4. The maximum absolute atomic E-state index is 13.0. The number of ketones is 1. The van der Waals surface area contributed by atoms with Gasteiger partial charge in [-0.15, -0.1) is 0 Å². The highest BCUT2D eigenvalue weighted by atomic mass is 16.1. The highest BCUT2D eigenvalue weighted by molar-refractivity contribution is 5.87. The Morgan fingerprint density at radius 2 is 1.48 bits per heavy atom. The lowest BCUT2D eigenvalue weighted by Gasteiger charge is -2.30. The van der Waals surface area contributed by atoms with Crippen molar-refractivity contribution in [3.63, 3.8) is 0 Å². The number of carbonyl (C=O) groups is 1. The van der Waals surface area contributed by atoms with Crippen LogP contribution in [-0.2, 0) is 11.2 Å². The van der Waals surface area contributed by atoms with Gasteiger partial charge in [-0.1, -0.05) is 67.1 Å². The SMILES string of the molecule is O=C(Cc1ccccc1)C(CN1CCCCC1)c1ccccc1. The maximum Gasteiger partial charge on any atom is 0.145 e. The molecule has 1 saturated heterocycles. The number of rotatable bonds is 6. The van der Waals surface area contributed by atoms with Crippen molar-refractivity contribution >= 4 is 5.78 Å². The second-order valence-corrected chi connectivity index (χ2v) is 6.45. The number of Topliss-reactive ketones (excluding diaryl/α,β-unsaturated/α-hetero) is 1. The van der Waals surface area contributed by atoms with Gasteiger partial charge in [0.25, 0.3) is 0 Å². The molecule has 1 aliphatic rings. The fourth-order valence-corrected chi connectivity index (χ4v) is 3.40. The summed E-state index contributed by atoms with van der Waals surface area (Å²) in [6.45, 7) is 3.11.